The van der Waals surface area contributed by atoms with Crippen molar-refractivity contribution in [3.63, 3.8) is 0 Å². The molecule has 0 aromatic carbocycles. The summed E-state index contributed by atoms with van der Waals surface area (Å²) in [5, 5.41) is 11.3. The van der Waals surface area contributed by atoms with Gasteiger partial charge < -0.3 is 15.2 Å². The van der Waals surface area contributed by atoms with E-state index in [1.165, 1.54) is 0 Å². The first kappa shape index (κ1) is 13.0. The molecule has 16 heavy (non-hydrogen) atoms. The van der Waals surface area contributed by atoms with E-state index in [0.29, 0.717) is 13.2 Å². The number of carboxylic acid groups (broad SMARTS) is 1. The Hall–Kier alpha value is -1.10. The molecule has 1 rings (SSSR count). The maximum atomic E-state index is 11.6. The van der Waals surface area contributed by atoms with Crippen molar-refractivity contribution in [1.82, 2.24) is 5.32 Å². The summed E-state index contributed by atoms with van der Waals surface area (Å²) in [6.45, 7) is 3.45. The van der Waals surface area contributed by atoms with Crippen LogP contribution in [0.2, 0.25) is 0 Å². The smallest absolute Gasteiger partial charge is 0.303 e. The van der Waals surface area contributed by atoms with Gasteiger partial charge in [-0.1, -0.05) is 6.92 Å². The minimum absolute atomic E-state index is 0.0167. The van der Waals surface area contributed by atoms with Crippen LogP contribution < -0.4 is 5.32 Å². The van der Waals surface area contributed by atoms with Crippen LogP contribution in [0.3, 0.4) is 0 Å². The lowest BCUT2D eigenvalue weighted by atomic mass is 10.0. The number of hydrogen-bond donors (Lipinski definition) is 2. The summed E-state index contributed by atoms with van der Waals surface area (Å²) in [5.74, 6) is -0.948. The Morgan fingerprint density at radius 1 is 1.56 bits per heavy atom. The summed E-state index contributed by atoms with van der Waals surface area (Å²) in [7, 11) is 0. The van der Waals surface area contributed by atoms with Crippen molar-refractivity contribution >= 4 is 11.9 Å². The fourth-order valence-corrected chi connectivity index (χ4v) is 1.74. The average Bonchev–Trinajstić information content (AvgIpc) is 2.26. The van der Waals surface area contributed by atoms with Crippen molar-refractivity contribution in [3.8, 4) is 0 Å². The highest BCUT2D eigenvalue weighted by molar-refractivity contribution is 5.78. The van der Waals surface area contributed by atoms with E-state index in [9.17, 15) is 9.59 Å². The van der Waals surface area contributed by atoms with Crippen molar-refractivity contribution in [3.05, 3.63) is 0 Å². The SMILES string of the molecule is CC(CNC(=O)C1CCCOC1)CC(=O)O. The number of nitrogens with one attached hydrogen (secondary N) is 1. The minimum atomic E-state index is -0.831. The number of rotatable bonds is 5. The molecule has 0 aromatic rings. The van der Waals surface area contributed by atoms with Crippen LogP contribution in [0.5, 0.6) is 0 Å². The number of carbonyl (C=O) groups excluding carboxylic acids is 1. The molecule has 1 heterocycles. The van der Waals surface area contributed by atoms with Gasteiger partial charge in [0.1, 0.15) is 0 Å². The van der Waals surface area contributed by atoms with Crippen molar-refractivity contribution < 1.29 is 19.4 Å². The summed E-state index contributed by atoms with van der Waals surface area (Å²) in [6, 6.07) is 0. The summed E-state index contributed by atoms with van der Waals surface area (Å²) >= 11 is 0. The van der Waals surface area contributed by atoms with Gasteiger partial charge in [0.2, 0.25) is 5.91 Å². The first-order valence-corrected chi connectivity index (χ1v) is 5.67. The summed E-state index contributed by atoms with van der Waals surface area (Å²) in [4.78, 5) is 22.1. The average molecular weight is 229 g/mol. The van der Waals surface area contributed by atoms with E-state index in [0.717, 1.165) is 19.4 Å². The molecule has 1 amide bonds. The van der Waals surface area contributed by atoms with Crippen molar-refractivity contribution in [1.29, 1.82) is 0 Å². The fraction of sp³-hybridized carbons (Fsp3) is 0.818. The Labute approximate surface area is 95.2 Å². The number of carboxylic acids is 1. The standard InChI is InChI=1S/C11H19NO4/c1-8(5-10(13)14)6-12-11(15)9-3-2-4-16-7-9/h8-9H,2-7H2,1H3,(H,12,15)(H,13,14). The molecule has 2 unspecified atom stereocenters. The molecule has 0 spiro atoms. The van der Waals surface area contributed by atoms with Gasteiger partial charge >= 0.3 is 5.97 Å². The molecule has 1 saturated heterocycles. The van der Waals surface area contributed by atoms with E-state index >= 15 is 0 Å². The lowest BCUT2D eigenvalue weighted by Crippen LogP contribution is -2.37. The highest BCUT2D eigenvalue weighted by Crippen LogP contribution is 2.13. The second-order valence-corrected chi connectivity index (χ2v) is 4.36. The Balaban J connectivity index is 2.20. The molecule has 0 aliphatic carbocycles. The monoisotopic (exact) mass is 229 g/mol. The van der Waals surface area contributed by atoms with Gasteiger partial charge in [0.15, 0.2) is 0 Å². The molecule has 5 nitrogen and oxygen atoms in total. The van der Waals surface area contributed by atoms with Crippen LogP contribution >= 0.6 is 0 Å². The third-order valence-corrected chi connectivity index (χ3v) is 2.68. The van der Waals surface area contributed by atoms with Gasteiger partial charge in [-0.3, -0.25) is 9.59 Å². The molecule has 2 atom stereocenters. The molecule has 0 saturated carbocycles. The van der Waals surface area contributed by atoms with Crippen LogP contribution in [0.25, 0.3) is 0 Å². The molecule has 5 heteroatoms. The predicted molar refractivity (Wildman–Crippen MR) is 58.0 cm³/mol. The zero-order chi connectivity index (χ0) is 12.0. The van der Waals surface area contributed by atoms with Gasteiger partial charge in [-0.25, -0.2) is 0 Å². The molecule has 0 bridgehead atoms. The molecule has 1 aliphatic heterocycles. The first-order valence-electron chi connectivity index (χ1n) is 5.67. The maximum absolute atomic E-state index is 11.6. The topological polar surface area (TPSA) is 75.6 Å². The van der Waals surface area contributed by atoms with Gasteiger partial charge in [0, 0.05) is 19.6 Å². The quantitative estimate of drug-likeness (QED) is 0.725. The Bertz CT molecular complexity index is 248. The first-order chi connectivity index (χ1) is 7.59. The number of ether oxygens (including phenoxy) is 1. The third-order valence-electron chi connectivity index (χ3n) is 2.68. The zero-order valence-corrected chi connectivity index (χ0v) is 9.57. The normalized spacial score (nSPS) is 22.4. The van der Waals surface area contributed by atoms with Crippen LogP contribution in [-0.2, 0) is 14.3 Å². The van der Waals surface area contributed by atoms with E-state index in [-0.39, 0.29) is 24.2 Å². The second kappa shape index (κ2) is 6.48. The van der Waals surface area contributed by atoms with Gasteiger partial charge in [-0.15, -0.1) is 0 Å². The summed E-state index contributed by atoms with van der Waals surface area (Å²) < 4.78 is 5.22. The van der Waals surface area contributed by atoms with Gasteiger partial charge in [0.05, 0.1) is 12.5 Å². The lowest BCUT2D eigenvalue weighted by molar-refractivity contribution is -0.138. The Morgan fingerprint density at radius 3 is 2.88 bits per heavy atom. The summed E-state index contributed by atoms with van der Waals surface area (Å²) in [5.41, 5.74) is 0. The van der Waals surface area contributed by atoms with Crippen LogP contribution in [0.4, 0.5) is 0 Å². The third kappa shape index (κ3) is 4.61. The lowest BCUT2D eigenvalue weighted by Gasteiger charge is -2.22. The number of carbonyl (C=O) groups is 2. The fourth-order valence-electron chi connectivity index (χ4n) is 1.74. The van der Waals surface area contributed by atoms with Gasteiger partial charge in [-0.05, 0) is 18.8 Å². The molecule has 92 valence electrons. The van der Waals surface area contributed by atoms with Crippen LogP contribution in [0.1, 0.15) is 26.2 Å². The molecule has 0 aromatic heterocycles. The van der Waals surface area contributed by atoms with E-state index in [1.54, 1.807) is 0 Å². The van der Waals surface area contributed by atoms with Crippen LogP contribution in [-0.4, -0.2) is 36.7 Å². The molecule has 1 aliphatic rings. The highest BCUT2D eigenvalue weighted by atomic mass is 16.5. The number of aliphatic carboxylic acids is 1. The zero-order valence-electron chi connectivity index (χ0n) is 9.57. The number of amides is 1. The molecule has 2 N–H and O–H groups in total. The maximum Gasteiger partial charge on any atom is 0.303 e. The predicted octanol–water partition coefficient (Wildman–Crippen LogP) is 0.640. The largest absolute Gasteiger partial charge is 0.481 e. The Kier molecular flexibility index (Phi) is 5.25. The van der Waals surface area contributed by atoms with Crippen molar-refractivity contribution in [2.75, 3.05) is 19.8 Å². The minimum Gasteiger partial charge on any atom is -0.481 e. The highest BCUT2D eigenvalue weighted by Gasteiger charge is 2.21. The molecule has 1 fully saturated rings. The van der Waals surface area contributed by atoms with Crippen molar-refractivity contribution in [2.45, 2.75) is 26.2 Å². The molecule has 0 radical (unpaired) electrons. The van der Waals surface area contributed by atoms with Crippen molar-refractivity contribution in [2.24, 2.45) is 11.8 Å². The van der Waals surface area contributed by atoms with E-state index < -0.39 is 5.97 Å². The molecular weight excluding hydrogens is 210 g/mol. The second-order valence-electron chi connectivity index (χ2n) is 4.36. The van der Waals surface area contributed by atoms with E-state index in [2.05, 4.69) is 5.32 Å². The number of hydrogen-bond acceptors (Lipinski definition) is 3. The van der Waals surface area contributed by atoms with Gasteiger partial charge in [0.25, 0.3) is 0 Å². The Morgan fingerprint density at radius 2 is 2.31 bits per heavy atom. The van der Waals surface area contributed by atoms with E-state index in [4.69, 9.17) is 9.84 Å². The van der Waals surface area contributed by atoms with Gasteiger partial charge in [-0.2, -0.15) is 0 Å². The molecular formula is C11H19NO4. The van der Waals surface area contributed by atoms with Crippen LogP contribution in [0.15, 0.2) is 0 Å². The van der Waals surface area contributed by atoms with Crippen LogP contribution in [0, 0.1) is 11.8 Å². The summed E-state index contributed by atoms with van der Waals surface area (Å²) in [6.07, 6.45) is 1.86. The van der Waals surface area contributed by atoms with E-state index in [1.807, 2.05) is 6.92 Å².